The fourth-order valence-corrected chi connectivity index (χ4v) is 4.04. The van der Waals surface area contributed by atoms with Crippen molar-refractivity contribution in [3.8, 4) is 23.3 Å². The summed E-state index contributed by atoms with van der Waals surface area (Å²) in [5.74, 6) is 1.63. The molecule has 5 aromatic rings. The predicted molar refractivity (Wildman–Crippen MR) is 134 cm³/mol. The summed E-state index contributed by atoms with van der Waals surface area (Å²) < 4.78 is 7.68. The number of nitriles is 1. The van der Waals surface area contributed by atoms with E-state index in [1.165, 1.54) is 6.20 Å². The first-order chi connectivity index (χ1) is 17.1. The molecule has 0 saturated heterocycles. The van der Waals surface area contributed by atoms with Crippen LogP contribution in [-0.4, -0.2) is 19.5 Å². The summed E-state index contributed by atoms with van der Waals surface area (Å²) >= 11 is 0. The van der Waals surface area contributed by atoms with Gasteiger partial charge in [0.1, 0.15) is 5.52 Å². The van der Waals surface area contributed by atoms with Crippen LogP contribution < -0.4 is 5.32 Å². The number of hydrogen-bond donors (Lipinski definition) is 1. The lowest BCUT2D eigenvalue weighted by atomic mass is 10.0. The Balaban J connectivity index is 1.68. The summed E-state index contributed by atoms with van der Waals surface area (Å²) in [6.07, 6.45) is 6.52. The van der Waals surface area contributed by atoms with Crippen molar-refractivity contribution < 1.29 is 4.42 Å². The number of benzene rings is 2. The summed E-state index contributed by atoms with van der Waals surface area (Å²) in [5.41, 5.74) is 6.47. The molecule has 0 fully saturated rings. The Labute approximate surface area is 201 Å². The first-order valence-electron chi connectivity index (χ1n) is 10.8. The number of nitrogens with one attached hydrogen (secondary N) is 1. The van der Waals surface area contributed by atoms with Gasteiger partial charge in [-0.05, 0) is 66.9 Å². The van der Waals surface area contributed by atoms with Gasteiger partial charge in [-0.2, -0.15) is 10.2 Å². The van der Waals surface area contributed by atoms with Gasteiger partial charge in [-0.1, -0.05) is 18.2 Å². The second-order valence-electron chi connectivity index (χ2n) is 7.91. The van der Waals surface area contributed by atoms with Crippen LogP contribution in [0.25, 0.3) is 39.4 Å². The van der Waals surface area contributed by atoms with Crippen LogP contribution in [0.2, 0.25) is 0 Å². The Bertz CT molecular complexity index is 1620. The third-order valence-electron chi connectivity index (χ3n) is 5.49. The zero-order valence-electron chi connectivity index (χ0n) is 19.0. The molecular formula is C27H19N7O. The molecule has 2 aromatic carbocycles. The fourth-order valence-electron chi connectivity index (χ4n) is 4.04. The molecule has 0 aliphatic rings. The Hall–Kier alpha value is -5.21. The second kappa shape index (κ2) is 8.97. The minimum absolute atomic E-state index is 0.404. The van der Waals surface area contributed by atoms with Crippen LogP contribution in [0.5, 0.6) is 0 Å². The van der Waals surface area contributed by atoms with Crippen LogP contribution in [0.15, 0.2) is 71.6 Å². The maximum Gasteiger partial charge on any atom is 0.229 e. The highest BCUT2D eigenvalue weighted by molar-refractivity contribution is 5.81. The van der Waals surface area contributed by atoms with E-state index in [-0.39, 0.29) is 0 Å². The Morgan fingerprint density at radius 3 is 2.54 bits per heavy atom. The van der Waals surface area contributed by atoms with E-state index in [0.717, 1.165) is 28.1 Å². The normalized spacial score (nSPS) is 11.0. The molecule has 8 nitrogen and oxygen atoms in total. The number of anilines is 2. The lowest BCUT2D eigenvalue weighted by Gasteiger charge is -2.15. The van der Waals surface area contributed by atoms with Crippen LogP contribution in [0, 0.1) is 31.8 Å². The van der Waals surface area contributed by atoms with Gasteiger partial charge in [0.2, 0.25) is 5.95 Å². The summed E-state index contributed by atoms with van der Waals surface area (Å²) in [7, 11) is 0. The SMILES string of the molecule is [C-]#[N+]/C=C/c1cc(C)c(-n2c(-c3ccco3)nc3cnc(Nc4ccc(C#N)cc4)nc32)c(C)c1. The first kappa shape index (κ1) is 21.6. The van der Waals surface area contributed by atoms with Gasteiger partial charge >= 0.3 is 0 Å². The van der Waals surface area contributed by atoms with E-state index >= 15 is 0 Å². The maximum atomic E-state index is 9.03. The largest absolute Gasteiger partial charge is 0.461 e. The molecule has 0 spiro atoms. The van der Waals surface area contributed by atoms with Crippen molar-refractivity contribution in [1.82, 2.24) is 19.5 Å². The molecule has 1 N–H and O–H groups in total. The highest BCUT2D eigenvalue weighted by Gasteiger charge is 2.21. The van der Waals surface area contributed by atoms with Crippen molar-refractivity contribution in [2.24, 2.45) is 0 Å². The van der Waals surface area contributed by atoms with Crippen molar-refractivity contribution in [3.05, 3.63) is 101 Å². The summed E-state index contributed by atoms with van der Waals surface area (Å²) in [6, 6.07) is 16.9. The third-order valence-corrected chi connectivity index (χ3v) is 5.49. The van der Waals surface area contributed by atoms with E-state index in [0.29, 0.717) is 34.3 Å². The second-order valence-corrected chi connectivity index (χ2v) is 7.91. The molecule has 0 atom stereocenters. The van der Waals surface area contributed by atoms with E-state index in [1.54, 1.807) is 42.8 Å². The van der Waals surface area contributed by atoms with Gasteiger partial charge in [0.25, 0.3) is 0 Å². The minimum Gasteiger partial charge on any atom is -0.461 e. The average molecular weight is 457 g/mol. The summed E-state index contributed by atoms with van der Waals surface area (Å²) in [4.78, 5) is 17.3. The Morgan fingerprint density at radius 1 is 1.11 bits per heavy atom. The lowest BCUT2D eigenvalue weighted by Crippen LogP contribution is -2.05. The zero-order chi connectivity index (χ0) is 24.4. The predicted octanol–water partition coefficient (Wildman–Crippen LogP) is 6.20. The number of fused-ring (bicyclic) bond motifs is 1. The molecule has 3 heterocycles. The van der Waals surface area contributed by atoms with Crippen LogP contribution in [-0.2, 0) is 0 Å². The van der Waals surface area contributed by atoms with Gasteiger partial charge in [0, 0.05) is 5.69 Å². The number of hydrogen-bond acceptors (Lipinski definition) is 6. The maximum absolute atomic E-state index is 9.03. The molecule has 0 unspecified atom stereocenters. The first-order valence-corrected chi connectivity index (χ1v) is 10.8. The Kier molecular flexibility index (Phi) is 5.54. The van der Waals surface area contributed by atoms with Gasteiger partial charge in [0.15, 0.2) is 23.4 Å². The van der Waals surface area contributed by atoms with Crippen molar-refractivity contribution in [3.63, 3.8) is 0 Å². The standard InChI is InChI=1S/C27H19N7O/c1-17-13-20(10-11-29-3)14-18(2)24(17)34-25-22(32-26(34)23-5-4-12-35-23)16-30-27(33-25)31-21-8-6-19(15-28)7-9-21/h4-14,16H,1-2H3,(H,30,31,33)/b11-10+. The number of rotatable bonds is 5. The quantitative estimate of drug-likeness (QED) is 0.316. The van der Waals surface area contributed by atoms with Crippen LogP contribution in [0.1, 0.15) is 22.3 Å². The van der Waals surface area contributed by atoms with Gasteiger partial charge in [0.05, 0.1) is 36.4 Å². The number of nitrogens with zero attached hydrogens (tertiary/aromatic N) is 6. The van der Waals surface area contributed by atoms with Crippen LogP contribution in [0.4, 0.5) is 11.6 Å². The van der Waals surface area contributed by atoms with Crippen LogP contribution >= 0.6 is 0 Å². The molecule has 0 saturated carbocycles. The molecule has 5 rings (SSSR count). The molecule has 0 aliphatic carbocycles. The van der Waals surface area contributed by atoms with Crippen molar-refractivity contribution in [2.45, 2.75) is 13.8 Å². The summed E-state index contributed by atoms with van der Waals surface area (Å²) in [6.45, 7) is 11.1. The van der Waals surface area contributed by atoms with E-state index in [1.807, 2.05) is 42.7 Å². The molecule has 8 heteroatoms. The van der Waals surface area contributed by atoms with Gasteiger partial charge in [-0.25, -0.2) is 14.8 Å². The molecular weight excluding hydrogens is 438 g/mol. The molecule has 168 valence electrons. The summed E-state index contributed by atoms with van der Waals surface area (Å²) in [5, 5.41) is 12.2. The van der Waals surface area contributed by atoms with Crippen LogP contribution in [0.3, 0.4) is 0 Å². The van der Waals surface area contributed by atoms with E-state index in [4.69, 9.17) is 26.2 Å². The highest BCUT2D eigenvalue weighted by Crippen LogP contribution is 2.32. The molecule has 0 bridgehead atoms. The van der Waals surface area contributed by atoms with E-state index in [2.05, 4.69) is 21.2 Å². The van der Waals surface area contributed by atoms with E-state index < -0.39 is 0 Å². The van der Waals surface area contributed by atoms with Crippen molar-refractivity contribution >= 4 is 28.9 Å². The molecule has 0 amide bonds. The number of aryl methyl sites for hydroxylation is 2. The molecule has 0 aliphatic heterocycles. The average Bonchev–Trinajstić information content (AvgIpc) is 3.51. The highest BCUT2D eigenvalue weighted by atomic mass is 16.3. The molecule has 35 heavy (non-hydrogen) atoms. The number of furan rings is 1. The monoisotopic (exact) mass is 457 g/mol. The fraction of sp³-hybridized carbons (Fsp3) is 0.0741. The Morgan fingerprint density at radius 2 is 1.89 bits per heavy atom. The van der Waals surface area contributed by atoms with Gasteiger partial charge in [-0.15, -0.1) is 0 Å². The number of aromatic nitrogens is 4. The molecule has 0 radical (unpaired) electrons. The third kappa shape index (κ3) is 4.12. The van der Waals surface area contributed by atoms with Gasteiger partial charge < -0.3 is 9.73 Å². The van der Waals surface area contributed by atoms with Crippen molar-refractivity contribution in [1.29, 1.82) is 5.26 Å². The topological polar surface area (TPSA) is 96.9 Å². The van der Waals surface area contributed by atoms with E-state index in [9.17, 15) is 0 Å². The minimum atomic E-state index is 0.404. The smallest absolute Gasteiger partial charge is 0.229 e. The van der Waals surface area contributed by atoms with Gasteiger partial charge in [-0.3, -0.25) is 4.57 Å². The molecule has 3 aromatic heterocycles. The van der Waals surface area contributed by atoms with Crippen molar-refractivity contribution in [2.75, 3.05) is 5.32 Å². The number of imidazole rings is 1. The lowest BCUT2D eigenvalue weighted by molar-refractivity contribution is 0.576. The zero-order valence-corrected chi connectivity index (χ0v) is 19.0.